The minimum Gasteiger partial charge on any atom is -0.399 e. The van der Waals surface area contributed by atoms with Crippen LogP contribution in [0.1, 0.15) is 12.5 Å². The monoisotopic (exact) mass is 192 g/mol. The molecule has 0 atom stereocenters. The van der Waals surface area contributed by atoms with Crippen LogP contribution in [0.2, 0.25) is 0 Å². The maximum absolute atomic E-state index is 10.7. The molecule has 0 fully saturated rings. The number of amides is 1. The Hall–Kier alpha value is -1.84. The number of carbonyl (C=O) groups is 1. The lowest BCUT2D eigenvalue weighted by atomic mass is 10.2. The van der Waals surface area contributed by atoms with Gasteiger partial charge in [-0.1, -0.05) is 17.3 Å². The van der Waals surface area contributed by atoms with Crippen molar-refractivity contribution in [2.75, 3.05) is 12.4 Å². The molecule has 1 N–H and O–H groups in total. The van der Waals surface area contributed by atoms with E-state index in [9.17, 15) is 4.79 Å². The van der Waals surface area contributed by atoms with E-state index >= 15 is 0 Å². The Balaban J connectivity index is 2.68. The van der Waals surface area contributed by atoms with Crippen molar-refractivity contribution < 1.29 is 9.63 Å². The van der Waals surface area contributed by atoms with Crippen LogP contribution in [-0.2, 0) is 9.63 Å². The van der Waals surface area contributed by atoms with Crippen LogP contribution < -0.4 is 5.32 Å². The zero-order valence-electron chi connectivity index (χ0n) is 8.15. The normalized spacial score (nSPS) is 10.1. The molecule has 0 saturated carbocycles. The summed E-state index contributed by atoms with van der Waals surface area (Å²) < 4.78 is 0. The maximum atomic E-state index is 10.7. The molecule has 0 radical (unpaired) electrons. The number of hydrogen-bond acceptors (Lipinski definition) is 3. The van der Waals surface area contributed by atoms with Crippen molar-refractivity contribution in [3.05, 3.63) is 29.8 Å². The Morgan fingerprint density at radius 1 is 1.43 bits per heavy atom. The van der Waals surface area contributed by atoms with Gasteiger partial charge in [0.2, 0.25) is 5.91 Å². The molecule has 4 nitrogen and oxygen atoms in total. The Bertz CT molecular complexity index is 330. The molecule has 1 aromatic carbocycles. The van der Waals surface area contributed by atoms with Gasteiger partial charge in [-0.05, 0) is 17.7 Å². The first kappa shape index (κ1) is 10.2. The molecular formula is C10H12N2O2. The van der Waals surface area contributed by atoms with Gasteiger partial charge in [0.25, 0.3) is 0 Å². The number of carbonyl (C=O) groups excluding carboxylic acids is 1. The molecule has 0 heterocycles. The number of rotatable bonds is 3. The predicted molar refractivity (Wildman–Crippen MR) is 55.3 cm³/mol. The SMILES string of the molecule is CO/N=C/c1ccc(NC(C)=O)cc1. The van der Waals surface area contributed by atoms with Crippen molar-refractivity contribution >= 4 is 17.8 Å². The fourth-order valence-corrected chi connectivity index (χ4v) is 0.969. The largest absolute Gasteiger partial charge is 0.399 e. The molecule has 4 heteroatoms. The van der Waals surface area contributed by atoms with Crippen LogP contribution in [0, 0.1) is 0 Å². The first-order valence-electron chi connectivity index (χ1n) is 4.16. The van der Waals surface area contributed by atoms with Gasteiger partial charge in [-0.2, -0.15) is 0 Å². The molecule has 1 aromatic rings. The molecule has 1 rings (SSSR count). The summed E-state index contributed by atoms with van der Waals surface area (Å²) in [4.78, 5) is 15.3. The van der Waals surface area contributed by atoms with Gasteiger partial charge in [0.1, 0.15) is 7.11 Å². The van der Waals surface area contributed by atoms with E-state index in [1.807, 2.05) is 12.1 Å². The van der Waals surface area contributed by atoms with E-state index in [2.05, 4.69) is 15.3 Å². The molecule has 0 saturated heterocycles. The van der Waals surface area contributed by atoms with Crippen LogP contribution in [0.5, 0.6) is 0 Å². The lowest BCUT2D eigenvalue weighted by Crippen LogP contribution is -2.05. The number of hydrogen-bond donors (Lipinski definition) is 1. The second-order valence-electron chi connectivity index (χ2n) is 2.72. The van der Waals surface area contributed by atoms with Crippen LogP contribution in [0.15, 0.2) is 29.4 Å². The van der Waals surface area contributed by atoms with Crippen LogP contribution >= 0.6 is 0 Å². The number of oxime groups is 1. The highest BCUT2D eigenvalue weighted by Crippen LogP contribution is 2.07. The summed E-state index contributed by atoms with van der Waals surface area (Å²) in [6.45, 7) is 1.47. The summed E-state index contributed by atoms with van der Waals surface area (Å²) in [6, 6.07) is 7.29. The van der Waals surface area contributed by atoms with E-state index < -0.39 is 0 Å². The minimum absolute atomic E-state index is 0.0803. The lowest BCUT2D eigenvalue weighted by molar-refractivity contribution is -0.114. The molecule has 0 aliphatic carbocycles. The zero-order valence-corrected chi connectivity index (χ0v) is 8.15. The third-order valence-corrected chi connectivity index (χ3v) is 1.54. The van der Waals surface area contributed by atoms with Crippen molar-refractivity contribution in [2.45, 2.75) is 6.92 Å². The Morgan fingerprint density at radius 3 is 2.57 bits per heavy atom. The van der Waals surface area contributed by atoms with Gasteiger partial charge >= 0.3 is 0 Å². The molecule has 0 unspecified atom stereocenters. The summed E-state index contributed by atoms with van der Waals surface area (Å²) in [6.07, 6.45) is 1.59. The molecule has 0 spiro atoms. The number of benzene rings is 1. The van der Waals surface area contributed by atoms with E-state index in [0.717, 1.165) is 11.3 Å². The molecule has 1 amide bonds. The molecule has 0 aliphatic heterocycles. The molecule has 74 valence electrons. The van der Waals surface area contributed by atoms with Crippen LogP contribution in [-0.4, -0.2) is 19.2 Å². The maximum Gasteiger partial charge on any atom is 0.221 e. The van der Waals surface area contributed by atoms with Crippen molar-refractivity contribution in [2.24, 2.45) is 5.16 Å². The second kappa shape index (κ2) is 5.01. The zero-order chi connectivity index (χ0) is 10.4. The standard InChI is InChI=1S/C10H12N2O2/c1-8(13)12-10-5-3-9(4-6-10)7-11-14-2/h3-7H,1-2H3,(H,12,13)/b11-7+. The second-order valence-corrected chi connectivity index (χ2v) is 2.72. The van der Waals surface area contributed by atoms with Crippen LogP contribution in [0.3, 0.4) is 0 Å². The van der Waals surface area contributed by atoms with E-state index in [0.29, 0.717) is 0 Å². The van der Waals surface area contributed by atoms with Gasteiger partial charge in [0.15, 0.2) is 0 Å². The summed E-state index contributed by atoms with van der Waals surface area (Å²) in [7, 11) is 1.49. The Morgan fingerprint density at radius 2 is 2.07 bits per heavy atom. The highest BCUT2D eigenvalue weighted by molar-refractivity contribution is 5.89. The Labute approximate surface area is 82.6 Å². The van der Waals surface area contributed by atoms with Crippen molar-refractivity contribution in [3.8, 4) is 0 Å². The molecular weight excluding hydrogens is 180 g/mol. The highest BCUT2D eigenvalue weighted by atomic mass is 16.6. The van der Waals surface area contributed by atoms with Gasteiger partial charge in [-0.25, -0.2) is 0 Å². The average Bonchev–Trinajstić information content (AvgIpc) is 2.16. The van der Waals surface area contributed by atoms with E-state index in [4.69, 9.17) is 0 Å². The molecule has 0 aliphatic rings. The van der Waals surface area contributed by atoms with Crippen LogP contribution in [0.4, 0.5) is 5.69 Å². The fourth-order valence-electron chi connectivity index (χ4n) is 0.969. The topological polar surface area (TPSA) is 50.7 Å². The first-order chi connectivity index (χ1) is 6.72. The molecule has 0 bridgehead atoms. The molecule has 0 aromatic heterocycles. The van der Waals surface area contributed by atoms with Crippen molar-refractivity contribution in [1.82, 2.24) is 0 Å². The third-order valence-electron chi connectivity index (χ3n) is 1.54. The quantitative estimate of drug-likeness (QED) is 0.584. The van der Waals surface area contributed by atoms with Gasteiger partial charge in [0.05, 0.1) is 6.21 Å². The van der Waals surface area contributed by atoms with Gasteiger partial charge in [0, 0.05) is 12.6 Å². The van der Waals surface area contributed by atoms with E-state index in [1.165, 1.54) is 14.0 Å². The van der Waals surface area contributed by atoms with Crippen LogP contribution in [0.25, 0.3) is 0 Å². The first-order valence-corrected chi connectivity index (χ1v) is 4.16. The molecule has 14 heavy (non-hydrogen) atoms. The lowest BCUT2D eigenvalue weighted by Gasteiger charge is -2.00. The third kappa shape index (κ3) is 3.26. The van der Waals surface area contributed by atoms with Gasteiger partial charge in [-0.15, -0.1) is 0 Å². The number of anilines is 1. The van der Waals surface area contributed by atoms with Gasteiger partial charge in [-0.3, -0.25) is 4.79 Å². The smallest absolute Gasteiger partial charge is 0.221 e. The fraction of sp³-hybridized carbons (Fsp3) is 0.200. The summed E-state index contributed by atoms with van der Waals surface area (Å²) in [5.41, 5.74) is 1.69. The highest BCUT2D eigenvalue weighted by Gasteiger charge is 1.94. The summed E-state index contributed by atoms with van der Waals surface area (Å²) in [5, 5.41) is 6.29. The Kier molecular flexibility index (Phi) is 3.67. The van der Waals surface area contributed by atoms with E-state index in [-0.39, 0.29) is 5.91 Å². The van der Waals surface area contributed by atoms with Crippen molar-refractivity contribution in [1.29, 1.82) is 0 Å². The summed E-state index contributed by atoms with van der Waals surface area (Å²) >= 11 is 0. The van der Waals surface area contributed by atoms with Crippen molar-refractivity contribution in [3.63, 3.8) is 0 Å². The van der Waals surface area contributed by atoms with E-state index in [1.54, 1.807) is 18.3 Å². The predicted octanol–water partition coefficient (Wildman–Crippen LogP) is 1.63. The van der Waals surface area contributed by atoms with Gasteiger partial charge < -0.3 is 10.2 Å². The summed E-state index contributed by atoms with van der Waals surface area (Å²) in [5.74, 6) is -0.0803. The average molecular weight is 192 g/mol. The number of nitrogens with one attached hydrogen (secondary N) is 1. The minimum atomic E-state index is -0.0803. The number of nitrogens with zero attached hydrogens (tertiary/aromatic N) is 1.